The Balaban J connectivity index is 0.000000336. The van der Waals surface area contributed by atoms with Crippen LogP contribution in [0.4, 0.5) is 0 Å². The topological polar surface area (TPSA) is 169 Å². The molecule has 1 saturated carbocycles. The van der Waals surface area contributed by atoms with Gasteiger partial charge in [-0.1, -0.05) is 112 Å². The lowest BCUT2D eigenvalue weighted by Gasteiger charge is -2.31. The first-order chi connectivity index (χ1) is 28.9. The van der Waals surface area contributed by atoms with E-state index in [0.717, 1.165) is 91.4 Å². The van der Waals surface area contributed by atoms with Gasteiger partial charge in [0.2, 0.25) is 11.4 Å². The van der Waals surface area contributed by atoms with E-state index in [-0.39, 0.29) is 22.1 Å². The SMILES string of the molecule is CN(CCCCCCCCCNCCc1ccc(O)c2[nH]c(=O)ccc12)Cc1cnc(C(O)(c2ccccc2)C2CCCC2)o1.Cc1cccc2c(S(=O)(=O)O)cccc12. The number of nitrogens with one attached hydrogen (secondary N) is 2. The van der Waals surface area contributed by atoms with Crippen molar-refractivity contribution in [2.75, 3.05) is 26.7 Å². The molecular formula is C48H60N4O7S. The van der Waals surface area contributed by atoms with Gasteiger partial charge < -0.3 is 24.9 Å². The number of aromatic amines is 1. The van der Waals surface area contributed by atoms with E-state index >= 15 is 0 Å². The molecular weight excluding hydrogens is 777 g/mol. The molecule has 4 aromatic carbocycles. The van der Waals surface area contributed by atoms with Gasteiger partial charge in [-0.3, -0.25) is 14.2 Å². The molecule has 2 heterocycles. The van der Waals surface area contributed by atoms with Gasteiger partial charge in [0.15, 0.2) is 5.60 Å². The van der Waals surface area contributed by atoms with E-state index in [1.165, 1.54) is 50.7 Å². The molecule has 6 aromatic rings. The second kappa shape index (κ2) is 21.1. The van der Waals surface area contributed by atoms with E-state index in [0.29, 0.717) is 23.3 Å². The van der Waals surface area contributed by atoms with E-state index < -0.39 is 15.7 Å². The summed E-state index contributed by atoms with van der Waals surface area (Å²) >= 11 is 0. The lowest BCUT2D eigenvalue weighted by atomic mass is 9.80. The average Bonchev–Trinajstić information content (AvgIpc) is 3.96. The van der Waals surface area contributed by atoms with Crippen LogP contribution in [0.2, 0.25) is 0 Å². The van der Waals surface area contributed by atoms with Crippen molar-refractivity contribution in [1.29, 1.82) is 0 Å². The molecule has 2 aromatic heterocycles. The van der Waals surface area contributed by atoms with E-state index in [2.05, 4.69) is 27.2 Å². The molecule has 1 fully saturated rings. The number of hydrogen-bond donors (Lipinski definition) is 5. The maximum atomic E-state index is 11.9. The molecule has 5 N–H and O–H groups in total. The fourth-order valence-corrected chi connectivity index (χ4v) is 9.22. The van der Waals surface area contributed by atoms with Gasteiger partial charge in [-0.05, 0) is 106 Å². The Morgan fingerprint density at radius 2 is 1.53 bits per heavy atom. The van der Waals surface area contributed by atoms with Crippen LogP contribution in [0.3, 0.4) is 0 Å². The van der Waals surface area contributed by atoms with Gasteiger partial charge in [-0.25, -0.2) is 4.98 Å². The molecule has 1 aliphatic carbocycles. The lowest BCUT2D eigenvalue weighted by Crippen LogP contribution is -2.35. The largest absolute Gasteiger partial charge is 0.506 e. The van der Waals surface area contributed by atoms with E-state index in [1.54, 1.807) is 36.5 Å². The summed E-state index contributed by atoms with van der Waals surface area (Å²) in [6, 6.07) is 27.0. The number of aliphatic hydroxyl groups is 1. The van der Waals surface area contributed by atoms with Gasteiger partial charge in [0, 0.05) is 22.8 Å². The van der Waals surface area contributed by atoms with Crippen LogP contribution in [0, 0.1) is 12.8 Å². The standard InChI is InChI=1S/C37H50N4O4.C11H10O3S/c1-41(27-31-26-39-36(45-31)37(44,30-16-10-11-17-30)29-14-8-7-9-15-29)25-13-6-4-2-3-5-12-23-38-24-22-28-18-20-33(42)35-32(28)19-21-34(43)40-35;1-8-4-2-6-10-9(8)5-3-7-11(10)15(12,13)14/h7-9,14-15,18-21,26,30,38,42,44H,2-6,10-13,16-17,22-25,27H2,1H3,(H,40,43);2-7H,1H3,(H,12,13,14). The molecule has 0 saturated heterocycles. The zero-order valence-electron chi connectivity index (χ0n) is 34.9. The fraction of sp³-hybridized carbons (Fsp3) is 0.417. The van der Waals surface area contributed by atoms with Crippen LogP contribution < -0.4 is 10.9 Å². The van der Waals surface area contributed by atoms with Crippen molar-refractivity contribution < 1.29 is 27.6 Å². The van der Waals surface area contributed by atoms with Crippen LogP contribution in [0.5, 0.6) is 5.75 Å². The fourth-order valence-electron chi connectivity index (χ4n) is 8.51. The summed E-state index contributed by atoms with van der Waals surface area (Å²) in [5.74, 6) is 1.48. The summed E-state index contributed by atoms with van der Waals surface area (Å²) in [7, 11) is -2.02. The molecule has 0 amide bonds. The number of aryl methyl sites for hydroxylation is 1. The molecule has 320 valence electrons. The maximum Gasteiger partial charge on any atom is 0.295 e. The van der Waals surface area contributed by atoms with Crippen LogP contribution in [0.1, 0.15) is 99.0 Å². The number of nitrogens with zero attached hydrogens (tertiary/aromatic N) is 2. The molecule has 1 atom stereocenters. The van der Waals surface area contributed by atoms with Crippen LogP contribution in [-0.2, 0) is 28.7 Å². The molecule has 0 bridgehead atoms. The molecule has 1 unspecified atom stereocenters. The number of aromatic nitrogens is 2. The predicted molar refractivity (Wildman–Crippen MR) is 238 cm³/mol. The lowest BCUT2D eigenvalue weighted by molar-refractivity contribution is -0.00726. The number of rotatable bonds is 19. The van der Waals surface area contributed by atoms with E-state index in [1.807, 2.05) is 55.5 Å². The number of fused-ring (bicyclic) bond motifs is 2. The van der Waals surface area contributed by atoms with Gasteiger partial charge in [0.25, 0.3) is 10.1 Å². The van der Waals surface area contributed by atoms with Crippen molar-refractivity contribution in [3.8, 4) is 5.75 Å². The van der Waals surface area contributed by atoms with Gasteiger partial charge in [-0.2, -0.15) is 8.42 Å². The van der Waals surface area contributed by atoms with E-state index in [4.69, 9.17) is 8.97 Å². The van der Waals surface area contributed by atoms with Gasteiger partial charge in [0.05, 0.1) is 18.3 Å². The first-order valence-electron chi connectivity index (χ1n) is 21.4. The molecule has 7 rings (SSSR count). The van der Waals surface area contributed by atoms with Gasteiger partial charge in [-0.15, -0.1) is 0 Å². The number of unbranched alkanes of at least 4 members (excludes halogenated alkanes) is 6. The summed E-state index contributed by atoms with van der Waals surface area (Å²) in [6.45, 7) is 5.48. The Morgan fingerprint density at radius 3 is 2.28 bits per heavy atom. The van der Waals surface area contributed by atoms with Crippen molar-refractivity contribution in [2.45, 2.75) is 101 Å². The average molecular weight is 837 g/mol. The number of aromatic hydroxyl groups is 1. The predicted octanol–water partition coefficient (Wildman–Crippen LogP) is 9.04. The number of benzene rings is 4. The van der Waals surface area contributed by atoms with Crippen LogP contribution >= 0.6 is 0 Å². The molecule has 60 heavy (non-hydrogen) atoms. The number of H-pyrrole nitrogens is 1. The molecule has 12 heteroatoms. The molecule has 0 spiro atoms. The summed E-state index contributed by atoms with van der Waals surface area (Å²) in [4.78, 5) is 21.2. The third kappa shape index (κ3) is 11.5. The third-order valence-corrected chi connectivity index (χ3v) is 12.7. The zero-order valence-corrected chi connectivity index (χ0v) is 35.7. The highest BCUT2D eigenvalue weighted by Crippen LogP contribution is 2.44. The Labute approximate surface area is 353 Å². The number of phenols is 1. The normalized spacial score (nSPS) is 14.4. The van der Waals surface area contributed by atoms with Crippen molar-refractivity contribution in [1.82, 2.24) is 20.2 Å². The number of phenolic OH excluding ortho intramolecular Hbond substituents is 1. The highest BCUT2D eigenvalue weighted by Gasteiger charge is 2.45. The number of pyridine rings is 1. The first-order valence-corrected chi connectivity index (χ1v) is 22.8. The highest BCUT2D eigenvalue weighted by atomic mass is 32.2. The van der Waals surface area contributed by atoms with Crippen LogP contribution in [0.25, 0.3) is 21.7 Å². The van der Waals surface area contributed by atoms with Crippen molar-refractivity contribution in [3.05, 3.63) is 136 Å². The summed E-state index contributed by atoms with van der Waals surface area (Å²) in [6.07, 6.45) is 15.5. The summed E-state index contributed by atoms with van der Waals surface area (Å²) in [5, 5.41) is 27.8. The second-order valence-corrected chi connectivity index (χ2v) is 17.6. The maximum absolute atomic E-state index is 11.9. The highest BCUT2D eigenvalue weighted by molar-refractivity contribution is 7.86. The van der Waals surface area contributed by atoms with Crippen LogP contribution in [-0.4, -0.2) is 64.7 Å². The minimum atomic E-state index is -4.15. The first kappa shape index (κ1) is 44.7. The summed E-state index contributed by atoms with van der Waals surface area (Å²) in [5.41, 5.74) is 2.12. The molecule has 0 radical (unpaired) electrons. The molecule has 0 aliphatic heterocycles. The summed E-state index contributed by atoms with van der Waals surface area (Å²) < 4.78 is 37.5. The smallest absolute Gasteiger partial charge is 0.295 e. The Hall–Kier alpha value is -4.85. The molecule has 11 nitrogen and oxygen atoms in total. The van der Waals surface area contributed by atoms with Gasteiger partial charge >= 0.3 is 0 Å². The van der Waals surface area contributed by atoms with Crippen LogP contribution in [0.15, 0.2) is 111 Å². The van der Waals surface area contributed by atoms with Crippen molar-refractivity contribution >= 4 is 31.8 Å². The van der Waals surface area contributed by atoms with Gasteiger partial charge in [0.1, 0.15) is 16.4 Å². The monoisotopic (exact) mass is 836 g/mol. The number of hydrogen-bond acceptors (Lipinski definition) is 9. The van der Waals surface area contributed by atoms with Crippen molar-refractivity contribution in [3.63, 3.8) is 0 Å². The quantitative estimate of drug-likeness (QED) is 0.0392. The third-order valence-electron chi connectivity index (χ3n) is 11.8. The minimum Gasteiger partial charge on any atom is -0.506 e. The molecule has 1 aliphatic rings. The Kier molecular flexibility index (Phi) is 15.7. The zero-order chi connectivity index (χ0) is 42.5. The number of oxazole rings is 1. The minimum absolute atomic E-state index is 0.0382. The van der Waals surface area contributed by atoms with Crippen molar-refractivity contribution in [2.24, 2.45) is 5.92 Å². The van der Waals surface area contributed by atoms with E-state index in [9.17, 15) is 23.4 Å². The second-order valence-electron chi connectivity index (χ2n) is 16.2. The Morgan fingerprint density at radius 1 is 0.833 bits per heavy atom. The Bertz CT molecular complexity index is 2460.